The highest BCUT2D eigenvalue weighted by Gasteiger charge is 2.21. The zero-order valence-electron chi connectivity index (χ0n) is 17.9. The van der Waals surface area contributed by atoms with Crippen molar-refractivity contribution in [2.24, 2.45) is 11.8 Å². The van der Waals surface area contributed by atoms with Gasteiger partial charge in [0.15, 0.2) is 5.15 Å². The fraction of sp³-hybridized carbons (Fsp3) is 0.545. The van der Waals surface area contributed by atoms with E-state index in [0.717, 1.165) is 58.4 Å². The minimum absolute atomic E-state index is 0.0516. The molecule has 0 radical (unpaired) electrons. The van der Waals surface area contributed by atoms with Crippen LogP contribution in [0.1, 0.15) is 32.1 Å². The van der Waals surface area contributed by atoms with E-state index < -0.39 is 0 Å². The van der Waals surface area contributed by atoms with Crippen LogP contribution < -0.4 is 16.0 Å². The predicted octanol–water partition coefficient (Wildman–Crippen LogP) is 4.01. The summed E-state index contributed by atoms with van der Waals surface area (Å²) in [6.07, 6.45) is 8.14. The molecule has 2 aliphatic heterocycles. The first-order valence-corrected chi connectivity index (χ1v) is 11.9. The molecule has 1 atom stereocenters. The molecule has 4 heterocycles. The van der Waals surface area contributed by atoms with E-state index in [9.17, 15) is 4.79 Å². The number of ether oxygens (including phenoxy) is 1. The summed E-state index contributed by atoms with van der Waals surface area (Å²) < 4.78 is 5.41. The van der Waals surface area contributed by atoms with Crippen molar-refractivity contribution in [2.45, 2.75) is 32.1 Å². The largest absolute Gasteiger partial charge is 0.381 e. The first-order chi connectivity index (χ1) is 15.6. The van der Waals surface area contributed by atoms with Crippen molar-refractivity contribution in [3.05, 3.63) is 28.6 Å². The van der Waals surface area contributed by atoms with E-state index >= 15 is 0 Å². The summed E-state index contributed by atoms with van der Waals surface area (Å²) in [5, 5.41) is 10.2. The van der Waals surface area contributed by atoms with Crippen LogP contribution in [0.25, 0.3) is 11.3 Å². The maximum absolute atomic E-state index is 12.7. The van der Waals surface area contributed by atoms with Gasteiger partial charge < -0.3 is 20.7 Å². The molecule has 8 nitrogen and oxygen atoms in total. The fourth-order valence-electron chi connectivity index (χ4n) is 3.99. The summed E-state index contributed by atoms with van der Waals surface area (Å²) in [5.74, 6) is 1.44. The Kier molecular flexibility index (Phi) is 8.13. The van der Waals surface area contributed by atoms with Crippen LogP contribution in [-0.2, 0) is 9.53 Å². The van der Waals surface area contributed by atoms with Gasteiger partial charge in [0.25, 0.3) is 0 Å². The number of pyridine rings is 1. The molecule has 0 saturated carbocycles. The first-order valence-electron chi connectivity index (χ1n) is 11.1. The normalized spacial score (nSPS) is 19.9. The van der Waals surface area contributed by atoms with Crippen LogP contribution in [0.2, 0.25) is 10.2 Å². The third kappa shape index (κ3) is 6.07. The van der Waals surface area contributed by atoms with E-state index in [2.05, 4.69) is 30.9 Å². The van der Waals surface area contributed by atoms with Gasteiger partial charge in [0.05, 0.1) is 17.1 Å². The number of hydrogen-bond donors (Lipinski definition) is 3. The number of nitrogens with one attached hydrogen (secondary N) is 3. The molecule has 172 valence electrons. The smallest absolute Gasteiger partial charge is 0.229 e. The zero-order valence-corrected chi connectivity index (χ0v) is 19.4. The van der Waals surface area contributed by atoms with Gasteiger partial charge in [-0.15, -0.1) is 0 Å². The number of carbonyl (C=O) groups excluding carboxylic acids is 1. The Morgan fingerprint density at radius 2 is 1.97 bits per heavy atom. The van der Waals surface area contributed by atoms with E-state index in [0.29, 0.717) is 40.4 Å². The zero-order chi connectivity index (χ0) is 22.3. The second-order valence-corrected chi connectivity index (χ2v) is 9.03. The fourth-order valence-corrected chi connectivity index (χ4v) is 4.38. The Labute approximate surface area is 197 Å². The van der Waals surface area contributed by atoms with Gasteiger partial charge in [-0.25, -0.2) is 15.0 Å². The highest BCUT2D eigenvalue weighted by atomic mass is 35.5. The van der Waals surface area contributed by atoms with Crippen molar-refractivity contribution in [3.8, 4) is 11.3 Å². The second-order valence-electron chi connectivity index (χ2n) is 8.27. The van der Waals surface area contributed by atoms with Gasteiger partial charge in [-0.3, -0.25) is 4.79 Å². The number of nitrogens with zero attached hydrogens (tertiary/aromatic N) is 3. The number of aromatic nitrogens is 3. The molecule has 10 heteroatoms. The molecule has 3 N–H and O–H groups in total. The molecular formula is C22H28Cl2N6O2. The van der Waals surface area contributed by atoms with Crippen molar-refractivity contribution in [1.82, 2.24) is 20.3 Å². The molecule has 4 rings (SSSR count). The minimum atomic E-state index is -0.0838. The topological polar surface area (TPSA) is 101 Å². The number of anilines is 2. The lowest BCUT2D eigenvalue weighted by Crippen LogP contribution is -2.31. The molecule has 2 aromatic heterocycles. The molecule has 0 bridgehead atoms. The van der Waals surface area contributed by atoms with Crippen molar-refractivity contribution < 1.29 is 9.53 Å². The van der Waals surface area contributed by atoms with Crippen LogP contribution in [0, 0.1) is 11.8 Å². The Morgan fingerprint density at radius 3 is 2.81 bits per heavy atom. The maximum atomic E-state index is 12.7. The molecule has 1 unspecified atom stereocenters. The molecule has 32 heavy (non-hydrogen) atoms. The van der Waals surface area contributed by atoms with Crippen LogP contribution in [0.5, 0.6) is 0 Å². The van der Waals surface area contributed by atoms with Gasteiger partial charge in [-0.2, -0.15) is 0 Å². The molecule has 0 spiro atoms. The van der Waals surface area contributed by atoms with E-state index in [4.69, 9.17) is 27.9 Å². The average molecular weight is 479 g/mol. The molecular weight excluding hydrogens is 451 g/mol. The Hall–Kier alpha value is -2.00. The van der Waals surface area contributed by atoms with Gasteiger partial charge >= 0.3 is 0 Å². The van der Waals surface area contributed by atoms with Crippen molar-refractivity contribution in [2.75, 3.05) is 43.5 Å². The monoisotopic (exact) mass is 478 g/mol. The number of carbonyl (C=O) groups is 1. The highest BCUT2D eigenvalue weighted by molar-refractivity contribution is 6.35. The number of hydrogen-bond acceptors (Lipinski definition) is 7. The third-order valence-electron chi connectivity index (χ3n) is 5.92. The number of rotatable bonds is 6. The summed E-state index contributed by atoms with van der Waals surface area (Å²) in [6.45, 7) is 4.00. The lowest BCUT2D eigenvalue weighted by Gasteiger charge is -2.22. The highest BCUT2D eigenvalue weighted by Crippen LogP contribution is 2.33. The first kappa shape index (κ1) is 23.2. The van der Waals surface area contributed by atoms with Crippen molar-refractivity contribution in [1.29, 1.82) is 0 Å². The lowest BCUT2D eigenvalue weighted by atomic mass is 10.0. The molecule has 1 amide bonds. The standard InChI is InChI=1S/C22H28Cl2N6O2/c23-17-12-27-18(30-22(31)15-3-1-2-6-25-11-15)9-16(17)20-21(24)28-13-19(29-20)26-10-14-4-7-32-8-5-14/h9,12-15,25H,1-8,10-11H2,(H,26,29)(H,27,30,31). The Balaban J connectivity index is 1.49. The van der Waals surface area contributed by atoms with Crippen LogP contribution in [0.15, 0.2) is 18.5 Å². The SMILES string of the molecule is O=C(Nc1cc(-c2nc(NCC3CCOCC3)cnc2Cl)c(Cl)cn1)C1CCCCNC1. The van der Waals surface area contributed by atoms with Crippen molar-refractivity contribution >= 4 is 40.7 Å². The maximum Gasteiger partial charge on any atom is 0.229 e. The molecule has 2 aliphatic rings. The van der Waals surface area contributed by atoms with E-state index in [1.807, 2.05) is 0 Å². The molecule has 2 saturated heterocycles. The van der Waals surface area contributed by atoms with E-state index in [1.54, 1.807) is 12.3 Å². The van der Waals surface area contributed by atoms with E-state index in [1.165, 1.54) is 6.20 Å². The summed E-state index contributed by atoms with van der Waals surface area (Å²) in [6, 6.07) is 1.70. The van der Waals surface area contributed by atoms with Crippen LogP contribution in [0.4, 0.5) is 11.6 Å². The van der Waals surface area contributed by atoms with Crippen LogP contribution >= 0.6 is 23.2 Å². The van der Waals surface area contributed by atoms with Crippen LogP contribution in [0.3, 0.4) is 0 Å². The number of amides is 1. The van der Waals surface area contributed by atoms with Gasteiger partial charge in [0.2, 0.25) is 5.91 Å². The summed E-state index contributed by atoms with van der Waals surface area (Å²) in [5.41, 5.74) is 1.02. The van der Waals surface area contributed by atoms with Gasteiger partial charge in [-0.1, -0.05) is 29.6 Å². The Bertz CT molecular complexity index is 931. The molecule has 2 fully saturated rings. The second kappa shape index (κ2) is 11.2. The average Bonchev–Trinajstić information content (AvgIpc) is 3.10. The van der Waals surface area contributed by atoms with Crippen LogP contribution in [-0.4, -0.2) is 53.7 Å². The molecule has 0 aliphatic carbocycles. The Morgan fingerprint density at radius 1 is 1.12 bits per heavy atom. The van der Waals surface area contributed by atoms with Gasteiger partial charge in [-0.05, 0) is 44.2 Å². The van der Waals surface area contributed by atoms with Crippen molar-refractivity contribution in [3.63, 3.8) is 0 Å². The molecule has 0 aromatic carbocycles. The van der Waals surface area contributed by atoms with Gasteiger partial charge in [0.1, 0.15) is 17.3 Å². The number of halogens is 2. The van der Waals surface area contributed by atoms with E-state index in [-0.39, 0.29) is 17.0 Å². The van der Waals surface area contributed by atoms with Gasteiger partial charge in [0, 0.05) is 38.1 Å². The summed E-state index contributed by atoms with van der Waals surface area (Å²) in [7, 11) is 0. The quantitative estimate of drug-likeness (QED) is 0.576. The lowest BCUT2D eigenvalue weighted by molar-refractivity contribution is -0.119. The summed E-state index contributed by atoms with van der Waals surface area (Å²) in [4.78, 5) is 25.9. The minimum Gasteiger partial charge on any atom is -0.381 e. The summed E-state index contributed by atoms with van der Waals surface area (Å²) >= 11 is 12.8. The predicted molar refractivity (Wildman–Crippen MR) is 126 cm³/mol. The molecule has 2 aromatic rings. The third-order valence-corrected chi connectivity index (χ3v) is 6.50.